The maximum Gasteiger partial charge on any atom is 0.337 e. The van der Waals surface area contributed by atoms with Crippen molar-refractivity contribution in [3.63, 3.8) is 0 Å². The summed E-state index contributed by atoms with van der Waals surface area (Å²) in [4.78, 5) is 42.9. The highest BCUT2D eigenvalue weighted by atomic mass is 19.1. The molecule has 1 amide bonds. The minimum Gasteiger partial charge on any atom is -0.507 e. The minimum atomic E-state index is -0.975. The summed E-state index contributed by atoms with van der Waals surface area (Å²) in [5.41, 5.74) is 2.31. The van der Waals surface area contributed by atoms with Crippen molar-refractivity contribution in [3.05, 3.63) is 113 Å². The van der Waals surface area contributed by atoms with Gasteiger partial charge in [-0.2, -0.15) is 0 Å². The Balaban J connectivity index is 1.58. The smallest absolute Gasteiger partial charge is 0.337 e. The van der Waals surface area contributed by atoms with Crippen LogP contribution < -0.4 is 0 Å². The molecule has 0 aliphatic carbocycles. The number of hydrogen-bond acceptors (Lipinski definition) is 5. The Kier molecular flexibility index (Phi) is 6.31. The number of hydrogen-bond donors (Lipinski definition) is 2. The van der Waals surface area contributed by atoms with Crippen LogP contribution in [-0.4, -0.2) is 46.3 Å². The number of esters is 1. The number of aromatic amines is 1. The number of methoxy groups -OCH3 is 1. The molecular formula is C29H23FN2O5. The van der Waals surface area contributed by atoms with Gasteiger partial charge in [-0.25, -0.2) is 9.18 Å². The molecule has 3 aromatic carbocycles. The molecule has 1 aliphatic heterocycles. The predicted molar refractivity (Wildman–Crippen MR) is 135 cm³/mol. The number of nitrogens with one attached hydrogen (secondary N) is 1. The number of H-pyrrole nitrogens is 1. The van der Waals surface area contributed by atoms with Crippen molar-refractivity contribution in [2.75, 3.05) is 13.7 Å². The van der Waals surface area contributed by atoms with Gasteiger partial charge >= 0.3 is 5.97 Å². The van der Waals surface area contributed by atoms with Crippen molar-refractivity contribution in [2.24, 2.45) is 0 Å². The van der Waals surface area contributed by atoms with Crippen molar-refractivity contribution < 1.29 is 28.6 Å². The minimum absolute atomic E-state index is 0.171. The molecule has 1 atom stereocenters. The summed E-state index contributed by atoms with van der Waals surface area (Å²) < 4.78 is 19.3. The van der Waals surface area contributed by atoms with Gasteiger partial charge in [-0.05, 0) is 47.9 Å². The van der Waals surface area contributed by atoms with E-state index in [4.69, 9.17) is 4.74 Å². The Labute approximate surface area is 211 Å². The third-order valence-electron chi connectivity index (χ3n) is 6.61. The molecule has 2 N–H and O–H groups in total. The number of likely N-dealkylation sites (tertiary alicyclic amines) is 1. The molecule has 0 bridgehead atoms. The van der Waals surface area contributed by atoms with Gasteiger partial charge in [-0.15, -0.1) is 0 Å². The van der Waals surface area contributed by atoms with Crippen LogP contribution in [0, 0.1) is 5.82 Å². The number of carbonyl (C=O) groups is 3. The number of nitrogens with zero attached hydrogens (tertiary/aromatic N) is 1. The summed E-state index contributed by atoms with van der Waals surface area (Å²) in [5.74, 6) is -3.54. The molecule has 2 heterocycles. The van der Waals surface area contributed by atoms with Crippen LogP contribution in [-0.2, 0) is 20.7 Å². The van der Waals surface area contributed by atoms with Gasteiger partial charge in [-0.1, -0.05) is 42.5 Å². The molecule has 5 rings (SSSR count). The highest BCUT2D eigenvalue weighted by molar-refractivity contribution is 6.46. The first-order chi connectivity index (χ1) is 17.9. The van der Waals surface area contributed by atoms with Gasteiger partial charge in [0.25, 0.3) is 11.7 Å². The maximum absolute atomic E-state index is 14.5. The first-order valence-corrected chi connectivity index (χ1v) is 11.7. The lowest BCUT2D eigenvalue weighted by atomic mass is 9.94. The number of carbonyl (C=O) groups excluding carboxylic acids is 3. The average Bonchev–Trinajstić information content (AvgIpc) is 3.45. The Bertz CT molecular complexity index is 1550. The number of amides is 1. The van der Waals surface area contributed by atoms with Gasteiger partial charge in [-0.3, -0.25) is 9.59 Å². The fourth-order valence-electron chi connectivity index (χ4n) is 4.75. The normalized spacial score (nSPS) is 16.9. The van der Waals surface area contributed by atoms with Gasteiger partial charge in [0.2, 0.25) is 0 Å². The van der Waals surface area contributed by atoms with Gasteiger partial charge < -0.3 is 19.7 Å². The largest absolute Gasteiger partial charge is 0.507 e. The third kappa shape index (κ3) is 4.27. The molecule has 8 heteroatoms. The SMILES string of the molecule is COC(=O)c1ccc(C2C(=C(O)c3ccccc3F)C(=O)C(=O)N2CCc2c[nH]c3ccccc23)cc1. The number of fused-ring (bicyclic) bond motifs is 1. The van der Waals surface area contributed by atoms with E-state index in [9.17, 15) is 23.9 Å². The Morgan fingerprint density at radius 1 is 1.03 bits per heavy atom. The summed E-state index contributed by atoms with van der Waals surface area (Å²) in [6, 6.07) is 18.5. The second-order valence-electron chi connectivity index (χ2n) is 8.70. The average molecular weight is 499 g/mol. The van der Waals surface area contributed by atoms with Crippen LogP contribution in [0.15, 0.2) is 84.6 Å². The molecule has 7 nitrogen and oxygen atoms in total. The van der Waals surface area contributed by atoms with E-state index in [1.165, 1.54) is 48.4 Å². The number of Topliss-reactive ketones (excluding diaryl/α,β-unsaturated/α-hetero) is 1. The number of aliphatic hydroxyl groups excluding tert-OH is 1. The number of para-hydroxylation sites is 1. The molecule has 186 valence electrons. The molecule has 1 aromatic heterocycles. The third-order valence-corrected chi connectivity index (χ3v) is 6.61. The van der Waals surface area contributed by atoms with Gasteiger partial charge in [0.1, 0.15) is 11.6 Å². The molecule has 0 spiro atoms. The van der Waals surface area contributed by atoms with Crippen molar-refractivity contribution in [1.82, 2.24) is 9.88 Å². The quantitative estimate of drug-likeness (QED) is 0.173. The lowest BCUT2D eigenvalue weighted by molar-refractivity contribution is -0.139. The molecule has 37 heavy (non-hydrogen) atoms. The summed E-state index contributed by atoms with van der Waals surface area (Å²) >= 11 is 0. The first-order valence-electron chi connectivity index (χ1n) is 11.7. The van der Waals surface area contributed by atoms with Crippen LogP contribution in [0.5, 0.6) is 0 Å². The first kappa shape index (κ1) is 24.0. The number of rotatable bonds is 6. The highest BCUT2D eigenvalue weighted by Gasteiger charge is 2.46. The molecule has 0 radical (unpaired) electrons. The van der Waals surface area contributed by atoms with Crippen molar-refractivity contribution >= 4 is 34.3 Å². The van der Waals surface area contributed by atoms with E-state index < -0.39 is 35.3 Å². The Hall–Kier alpha value is -4.72. The van der Waals surface area contributed by atoms with Crippen molar-refractivity contribution in [3.8, 4) is 0 Å². The topological polar surface area (TPSA) is 99.7 Å². The van der Waals surface area contributed by atoms with Gasteiger partial charge in [0.05, 0.1) is 29.9 Å². The van der Waals surface area contributed by atoms with Gasteiger partial charge in [0.15, 0.2) is 0 Å². The van der Waals surface area contributed by atoms with E-state index in [1.807, 2.05) is 30.5 Å². The summed E-state index contributed by atoms with van der Waals surface area (Å²) in [6.07, 6.45) is 2.30. The number of ether oxygens (including phenoxy) is 1. The summed E-state index contributed by atoms with van der Waals surface area (Å²) in [6.45, 7) is 0.171. The number of halogens is 1. The zero-order valence-electron chi connectivity index (χ0n) is 19.9. The summed E-state index contributed by atoms with van der Waals surface area (Å²) in [7, 11) is 1.27. The Morgan fingerprint density at radius 3 is 2.46 bits per heavy atom. The van der Waals surface area contributed by atoms with Gasteiger partial charge in [0, 0.05) is 23.6 Å². The molecule has 1 aliphatic rings. The standard InChI is InChI=1S/C29H23FN2O5/c1-37-29(36)18-12-10-17(11-13-18)25-24(26(33)21-7-2-4-8-22(21)30)27(34)28(35)32(25)15-14-19-16-31-23-9-5-3-6-20(19)23/h2-13,16,25,31,33H,14-15H2,1H3. The van der Waals surface area contributed by atoms with Crippen LogP contribution in [0.4, 0.5) is 4.39 Å². The predicted octanol–water partition coefficient (Wildman–Crippen LogP) is 4.76. The van der Waals surface area contributed by atoms with Crippen LogP contribution in [0.3, 0.4) is 0 Å². The van der Waals surface area contributed by atoms with E-state index >= 15 is 0 Å². The van der Waals surface area contributed by atoms with Crippen LogP contribution >= 0.6 is 0 Å². The van der Waals surface area contributed by atoms with Crippen LogP contribution in [0.25, 0.3) is 16.7 Å². The molecule has 1 unspecified atom stereocenters. The molecular weight excluding hydrogens is 475 g/mol. The molecule has 1 fully saturated rings. The lowest BCUT2D eigenvalue weighted by Crippen LogP contribution is -2.31. The van der Waals surface area contributed by atoms with E-state index in [1.54, 1.807) is 12.1 Å². The number of ketones is 1. The maximum atomic E-state index is 14.5. The lowest BCUT2D eigenvalue weighted by Gasteiger charge is -2.25. The number of aromatic nitrogens is 1. The molecule has 4 aromatic rings. The zero-order valence-corrected chi connectivity index (χ0v) is 19.9. The fraction of sp³-hybridized carbons (Fsp3) is 0.138. The number of aliphatic hydroxyl groups is 1. The van der Waals surface area contributed by atoms with Crippen molar-refractivity contribution in [2.45, 2.75) is 12.5 Å². The van der Waals surface area contributed by atoms with E-state index in [-0.39, 0.29) is 23.2 Å². The number of benzene rings is 3. The zero-order chi connectivity index (χ0) is 26.1. The Morgan fingerprint density at radius 2 is 1.73 bits per heavy atom. The second kappa shape index (κ2) is 9.73. The fourth-order valence-corrected chi connectivity index (χ4v) is 4.75. The second-order valence-corrected chi connectivity index (χ2v) is 8.70. The highest BCUT2D eigenvalue weighted by Crippen LogP contribution is 2.40. The van der Waals surface area contributed by atoms with Crippen LogP contribution in [0.1, 0.15) is 33.1 Å². The summed E-state index contributed by atoms with van der Waals surface area (Å²) in [5, 5.41) is 12.1. The monoisotopic (exact) mass is 498 g/mol. The van der Waals surface area contributed by atoms with Crippen molar-refractivity contribution in [1.29, 1.82) is 0 Å². The van der Waals surface area contributed by atoms with Crippen LogP contribution in [0.2, 0.25) is 0 Å². The van der Waals surface area contributed by atoms with E-state index in [0.29, 0.717) is 12.0 Å². The van der Waals surface area contributed by atoms with E-state index in [2.05, 4.69) is 4.98 Å². The molecule has 0 saturated carbocycles. The van der Waals surface area contributed by atoms with E-state index in [0.717, 1.165) is 16.5 Å². The molecule has 1 saturated heterocycles.